The quantitative estimate of drug-likeness (QED) is 0.685. The van der Waals surface area contributed by atoms with Gasteiger partial charge in [-0.05, 0) is 81.4 Å². The highest BCUT2D eigenvalue weighted by atomic mass is 15.1. The van der Waals surface area contributed by atoms with Gasteiger partial charge in [-0.3, -0.25) is 0 Å². The monoisotopic (exact) mass is 350 g/mol. The molecule has 0 aliphatic carbocycles. The molecule has 140 valence electrons. The number of hydrogen-bond acceptors (Lipinski definition) is 2. The first kappa shape index (κ1) is 19.1. The molecule has 2 aromatic carbocycles. The third-order valence-electron chi connectivity index (χ3n) is 5.61. The molecule has 1 heterocycles. The maximum absolute atomic E-state index is 3.61. The van der Waals surface area contributed by atoms with Crippen molar-refractivity contribution < 1.29 is 0 Å². The third-order valence-corrected chi connectivity index (χ3v) is 5.61. The Labute approximate surface area is 159 Å². The number of hydrogen-bond donors (Lipinski definition) is 1. The molecule has 0 spiro atoms. The second kappa shape index (κ2) is 9.89. The standard InChI is InChI=1S/C24H34N2/c1-20-5-3-16-26(18-14-20)17-4-15-25-19-22-8-12-24(13-9-22)23-10-6-21(2)7-11-23/h6-13,20,25H,3-5,14-19H2,1-2H3. The van der Waals surface area contributed by atoms with Crippen LogP contribution in [0, 0.1) is 12.8 Å². The smallest absolute Gasteiger partial charge is 0.0205 e. The molecule has 3 rings (SSSR count). The van der Waals surface area contributed by atoms with Crippen LogP contribution < -0.4 is 5.32 Å². The highest BCUT2D eigenvalue weighted by molar-refractivity contribution is 5.63. The lowest BCUT2D eigenvalue weighted by Crippen LogP contribution is -2.28. The molecule has 2 heteroatoms. The molecule has 1 N–H and O–H groups in total. The number of benzene rings is 2. The maximum Gasteiger partial charge on any atom is 0.0205 e. The zero-order valence-corrected chi connectivity index (χ0v) is 16.5. The Kier molecular flexibility index (Phi) is 7.28. The molecule has 2 aromatic rings. The zero-order valence-electron chi connectivity index (χ0n) is 16.5. The molecule has 1 unspecified atom stereocenters. The predicted molar refractivity (Wildman–Crippen MR) is 112 cm³/mol. The van der Waals surface area contributed by atoms with E-state index in [0.717, 1.165) is 19.0 Å². The van der Waals surface area contributed by atoms with Crippen molar-refractivity contribution in [1.29, 1.82) is 0 Å². The van der Waals surface area contributed by atoms with Gasteiger partial charge in [-0.2, -0.15) is 0 Å². The minimum absolute atomic E-state index is 0.918. The van der Waals surface area contributed by atoms with Crippen molar-refractivity contribution in [1.82, 2.24) is 10.2 Å². The lowest BCUT2D eigenvalue weighted by atomic mass is 10.0. The molecular weight excluding hydrogens is 316 g/mol. The van der Waals surface area contributed by atoms with Gasteiger partial charge in [-0.15, -0.1) is 0 Å². The number of likely N-dealkylation sites (tertiary alicyclic amines) is 1. The maximum atomic E-state index is 3.61. The van der Waals surface area contributed by atoms with Gasteiger partial charge in [-0.1, -0.05) is 61.0 Å². The van der Waals surface area contributed by atoms with Gasteiger partial charge in [0.25, 0.3) is 0 Å². The van der Waals surface area contributed by atoms with Gasteiger partial charge in [0.1, 0.15) is 0 Å². The summed E-state index contributed by atoms with van der Waals surface area (Å²) in [6.07, 6.45) is 5.41. The second-order valence-electron chi connectivity index (χ2n) is 7.97. The van der Waals surface area contributed by atoms with Gasteiger partial charge < -0.3 is 10.2 Å². The lowest BCUT2D eigenvalue weighted by molar-refractivity contribution is 0.277. The fraction of sp³-hybridized carbons (Fsp3) is 0.500. The summed E-state index contributed by atoms with van der Waals surface area (Å²) < 4.78 is 0. The van der Waals surface area contributed by atoms with E-state index in [2.05, 4.69) is 72.6 Å². The molecule has 0 amide bonds. The number of rotatable bonds is 7. The summed E-state index contributed by atoms with van der Waals surface area (Å²) in [6.45, 7) is 10.4. The molecular formula is C24H34N2. The van der Waals surface area contributed by atoms with E-state index in [1.165, 1.54) is 67.6 Å². The molecule has 0 saturated carbocycles. The van der Waals surface area contributed by atoms with E-state index < -0.39 is 0 Å². The van der Waals surface area contributed by atoms with E-state index in [-0.39, 0.29) is 0 Å². The number of aryl methyl sites for hydroxylation is 1. The van der Waals surface area contributed by atoms with Gasteiger partial charge in [-0.25, -0.2) is 0 Å². The molecule has 1 fully saturated rings. The summed E-state index contributed by atoms with van der Waals surface area (Å²) >= 11 is 0. The summed E-state index contributed by atoms with van der Waals surface area (Å²) in [7, 11) is 0. The fourth-order valence-corrected chi connectivity index (χ4v) is 3.77. The molecule has 1 aliphatic rings. The largest absolute Gasteiger partial charge is 0.313 e. The molecule has 0 bridgehead atoms. The van der Waals surface area contributed by atoms with Crippen LogP contribution in [0.1, 0.15) is 43.7 Å². The number of nitrogens with one attached hydrogen (secondary N) is 1. The van der Waals surface area contributed by atoms with Crippen LogP contribution in [0.15, 0.2) is 48.5 Å². The highest BCUT2D eigenvalue weighted by Gasteiger charge is 2.12. The minimum Gasteiger partial charge on any atom is -0.313 e. The Morgan fingerprint density at radius 3 is 2.35 bits per heavy atom. The van der Waals surface area contributed by atoms with Crippen molar-refractivity contribution >= 4 is 0 Å². The van der Waals surface area contributed by atoms with E-state index in [0.29, 0.717) is 0 Å². The molecule has 0 radical (unpaired) electrons. The number of nitrogens with zero attached hydrogens (tertiary/aromatic N) is 1. The Bertz CT molecular complexity index is 645. The lowest BCUT2D eigenvalue weighted by Gasteiger charge is -2.19. The average Bonchev–Trinajstić information content (AvgIpc) is 2.87. The molecule has 26 heavy (non-hydrogen) atoms. The van der Waals surface area contributed by atoms with Crippen molar-refractivity contribution in [3.05, 3.63) is 59.7 Å². The van der Waals surface area contributed by atoms with Gasteiger partial charge >= 0.3 is 0 Å². The van der Waals surface area contributed by atoms with Gasteiger partial charge in [0.2, 0.25) is 0 Å². The van der Waals surface area contributed by atoms with E-state index in [9.17, 15) is 0 Å². The van der Waals surface area contributed by atoms with Crippen LogP contribution in [0.25, 0.3) is 11.1 Å². The van der Waals surface area contributed by atoms with Crippen LogP contribution in [0.5, 0.6) is 0 Å². The van der Waals surface area contributed by atoms with E-state index >= 15 is 0 Å². The van der Waals surface area contributed by atoms with Crippen LogP contribution in [-0.4, -0.2) is 31.1 Å². The van der Waals surface area contributed by atoms with E-state index in [1.54, 1.807) is 0 Å². The van der Waals surface area contributed by atoms with Crippen molar-refractivity contribution in [3.63, 3.8) is 0 Å². The second-order valence-corrected chi connectivity index (χ2v) is 7.97. The van der Waals surface area contributed by atoms with Crippen molar-refractivity contribution in [2.75, 3.05) is 26.2 Å². The van der Waals surface area contributed by atoms with Gasteiger partial charge in [0.15, 0.2) is 0 Å². The zero-order chi connectivity index (χ0) is 18.2. The van der Waals surface area contributed by atoms with Crippen molar-refractivity contribution in [3.8, 4) is 11.1 Å². The molecule has 2 nitrogen and oxygen atoms in total. The highest BCUT2D eigenvalue weighted by Crippen LogP contribution is 2.20. The summed E-state index contributed by atoms with van der Waals surface area (Å²) in [4.78, 5) is 2.65. The summed E-state index contributed by atoms with van der Waals surface area (Å²) in [5.74, 6) is 0.918. The van der Waals surface area contributed by atoms with E-state index in [1.807, 2.05) is 0 Å². The first-order valence-corrected chi connectivity index (χ1v) is 10.3. The van der Waals surface area contributed by atoms with Crippen molar-refractivity contribution in [2.24, 2.45) is 5.92 Å². The SMILES string of the molecule is Cc1ccc(-c2ccc(CNCCCN3CCCC(C)CC3)cc2)cc1. The summed E-state index contributed by atoms with van der Waals surface area (Å²) in [5.41, 5.74) is 5.26. The van der Waals surface area contributed by atoms with Crippen LogP contribution in [0.4, 0.5) is 0 Å². The average molecular weight is 351 g/mol. The molecule has 1 aliphatic heterocycles. The minimum atomic E-state index is 0.918. The molecule has 0 aromatic heterocycles. The Morgan fingerprint density at radius 1 is 0.923 bits per heavy atom. The third kappa shape index (κ3) is 5.96. The first-order chi connectivity index (χ1) is 12.7. The fourth-order valence-electron chi connectivity index (χ4n) is 3.77. The first-order valence-electron chi connectivity index (χ1n) is 10.3. The van der Waals surface area contributed by atoms with Crippen LogP contribution in [0.3, 0.4) is 0 Å². The van der Waals surface area contributed by atoms with Crippen LogP contribution in [-0.2, 0) is 6.54 Å². The molecule has 1 saturated heterocycles. The van der Waals surface area contributed by atoms with Crippen LogP contribution >= 0.6 is 0 Å². The Hall–Kier alpha value is -1.64. The Balaban J connectivity index is 1.36. The van der Waals surface area contributed by atoms with Gasteiger partial charge in [0, 0.05) is 6.54 Å². The van der Waals surface area contributed by atoms with Crippen LogP contribution in [0.2, 0.25) is 0 Å². The normalized spacial score (nSPS) is 18.6. The molecule has 1 atom stereocenters. The van der Waals surface area contributed by atoms with E-state index in [4.69, 9.17) is 0 Å². The summed E-state index contributed by atoms with van der Waals surface area (Å²) in [5, 5.41) is 3.61. The predicted octanol–water partition coefficient (Wildman–Crippen LogP) is 5.26. The van der Waals surface area contributed by atoms with Gasteiger partial charge in [0.05, 0.1) is 0 Å². The van der Waals surface area contributed by atoms with Crippen molar-refractivity contribution in [2.45, 2.75) is 46.1 Å². The topological polar surface area (TPSA) is 15.3 Å². The Morgan fingerprint density at radius 2 is 1.62 bits per heavy atom. The summed E-state index contributed by atoms with van der Waals surface area (Å²) in [6, 6.07) is 17.7.